The Bertz CT molecular complexity index is 989. The van der Waals surface area contributed by atoms with Crippen LogP contribution < -0.4 is 14.8 Å². The molecule has 2 aromatic carbocycles. The number of ether oxygens (including phenoxy) is 3. The maximum absolute atomic E-state index is 13.0. The molecular formula is C21H20N2O6. The number of carbonyl (C=O) groups is 3. The fourth-order valence-electron chi connectivity index (χ4n) is 3.70. The van der Waals surface area contributed by atoms with Crippen molar-refractivity contribution in [1.82, 2.24) is 4.90 Å². The van der Waals surface area contributed by atoms with Crippen LogP contribution in [0.4, 0.5) is 5.69 Å². The van der Waals surface area contributed by atoms with E-state index in [1.165, 1.54) is 19.1 Å². The third-order valence-corrected chi connectivity index (χ3v) is 5.14. The summed E-state index contributed by atoms with van der Waals surface area (Å²) in [6.07, 6.45) is -0.366. The molecule has 1 N–H and O–H groups in total. The minimum atomic E-state index is -0.901. The van der Waals surface area contributed by atoms with E-state index in [0.29, 0.717) is 34.7 Å². The van der Waals surface area contributed by atoms with Gasteiger partial charge in [-0.2, -0.15) is 0 Å². The number of hydrogen-bond donors (Lipinski definition) is 1. The molecule has 1 fully saturated rings. The first-order valence-corrected chi connectivity index (χ1v) is 9.17. The van der Waals surface area contributed by atoms with E-state index < -0.39 is 18.2 Å². The number of cyclic esters (lactones) is 1. The van der Waals surface area contributed by atoms with E-state index in [1.807, 2.05) is 0 Å². The van der Waals surface area contributed by atoms with Crippen molar-refractivity contribution in [1.29, 1.82) is 0 Å². The molecular weight excluding hydrogens is 376 g/mol. The summed E-state index contributed by atoms with van der Waals surface area (Å²) < 4.78 is 15.9. The maximum atomic E-state index is 13.0. The number of nitrogens with zero attached hydrogens (tertiary/aromatic N) is 1. The van der Waals surface area contributed by atoms with Crippen LogP contribution in [0.2, 0.25) is 0 Å². The molecule has 0 saturated carbocycles. The van der Waals surface area contributed by atoms with Gasteiger partial charge in [-0.25, -0.2) is 4.79 Å². The summed E-state index contributed by atoms with van der Waals surface area (Å²) in [5.41, 5.74) is 1.46. The molecule has 2 atom stereocenters. The minimum absolute atomic E-state index is 0.202. The van der Waals surface area contributed by atoms with E-state index in [-0.39, 0.29) is 18.2 Å². The van der Waals surface area contributed by atoms with Gasteiger partial charge in [0.25, 0.3) is 0 Å². The first kappa shape index (κ1) is 18.8. The molecule has 1 saturated heterocycles. The van der Waals surface area contributed by atoms with Gasteiger partial charge in [0.15, 0.2) is 0 Å². The molecule has 0 aromatic heterocycles. The molecule has 0 bridgehead atoms. The largest absolute Gasteiger partial charge is 0.497 e. The van der Waals surface area contributed by atoms with E-state index in [4.69, 9.17) is 14.2 Å². The third kappa shape index (κ3) is 3.26. The molecule has 8 nitrogen and oxygen atoms in total. The van der Waals surface area contributed by atoms with Crippen LogP contribution in [-0.2, 0) is 14.3 Å². The fourth-order valence-corrected chi connectivity index (χ4v) is 3.70. The van der Waals surface area contributed by atoms with Gasteiger partial charge in [0.2, 0.25) is 18.0 Å². The summed E-state index contributed by atoms with van der Waals surface area (Å²) in [4.78, 5) is 39.1. The van der Waals surface area contributed by atoms with E-state index in [0.717, 1.165) is 0 Å². The first-order valence-electron chi connectivity index (χ1n) is 9.17. The smallest absolute Gasteiger partial charge is 0.340 e. The molecule has 150 valence electrons. The predicted molar refractivity (Wildman–Crippen MR) is 103 cm³/mol. The Morgan fingerprint density at radius 2 is 1.93 bits per heavy atom. The van der Waals surface area contributed by atoms with Crippen molar-refractivity contribution in [3.8, 4) is 11.5 Å². The Morgan fingerprint density at radius 3 is 2.69 bits per heavy atom. The number of carbonyl (C=O) groups excluding carboxylic acids is 3. The van der Waals surface area contributed by atoms with Crippen molar-refractivity contribution in [3.63, 3.8) is 0 Å². The monoisotopic (exact) mass is 396 g/mol. The van der Waals surface area contributed by atoms with Crippen LogP contribution in [0.5, 0.6) is 11.5 Å². The Kier molecular flexibility index (Phi) is 4.84. The Morgan fingerprint density at radius 1 is 1.14 bits per heavy atom. The number of methoxy groups -OCH3 is 2. The number of amides is 2. The highest BCUT2D eigenvalue weighted by molar-refractivity contribution is 6.01. The van der Waals surface area contributed by atoms with Crippen LogP contribution in [-0.4, -0.2) is 42.9 Å². The summed E-state index contributed by atoms with van der Waals surface area (Å²) in [6, 6.07) is 11.1. The molecule has 2 amide bonds. The van der Waals surface area contributed by atoms with Crippen LogP contribution in [0.25, 0.3) is 0 Å². The van der Waals surface area contributed by atoms with Gasteiger partial charge in [0.05, 0.1) is 25.5 Å². The molecule has 0 aliphatic carbocycles. The number of anilines is 1. The first-order chi connectivity index (χ1) is 14.0. The van der Waals surface area contributed by atoms with Gasteiger partial charge < -0.3 is 19.5 Å². The highest BCUT2D eigenvalue weighted by Crippen LogP contribution is 2.38. The molecule has 4 rings (SSSR count). The zero-order valence-corrected chi connectivity index (χ0v) is 16.0. The summed E-state index contributed by atoms with van der Waals surface area (Å²) in [5, 5.41) is 2.81. The second-order valence-corrected chi connectivity index (χ2v) is 6.76. The number of benzene rings is 2. The number of nitrogens with one attached hydrogen (secondary N) is 1. The summed E-state index contributed by atoms with van der Waals surface area (Å²) in [7, 11) is 3.03. The zero-order chi connectivity index (χ0) is 20.5. The van der Waals surface area contributed by atoms with Crippen LogP contribution in [0.15, 0.2) is 42.5 Å². The summed E-state index contributed by atoms with van der Waals surface area (Å²) in [5.74, 6) is -0.0828. The number of esters is 1. The molecule has 0 radical (unpaired) electrons. The second-order valence-electron chi connectivity index (χ2n) is 6.76. The predicted octanol–water partition coefficient (Wildman–Crippen LogP) is 2.50. The molecule has 29 heavy (non-hydrogen) atoms. The quantitative estimate of drug-likeness (QED) is 0.781. The van der Waals surface area contributed by atoms with Crippen molar-refractivity contribution in [2.45, 2.75) is 25.1 Å². The SMILES string of the molecule is COc1ccc(NC(=O)[C@@H]2CCC(=O)N2[C@H]2OC(=O)c3ccccc32)c(OC)c1. The van der Waals surface area contributed by atoms with Crippen LogP contribution >= 0.6 is 0 Å². The third-order valence-electron chi connectivity index (χ3n) is 5.14. The average Bonchev–Trinajstić information content (AvgIpc) is 3.28. The van der Waals surface area contributed by atoms with Gasteiger partial charge in [0.1, 0.15) is 17.5 Å². The molecule has 2 heterocycles. The molecule has 2 aliphatic heterocycles. The zero-order valence-electron chi connectivity index (χ0n) is 16.0. The number of hydrogen-bond acceptors (Lipinski definition) is 6. The lowest BCUT2D eigenvalue weighted by Gasteiger charge is -2.29. The van der Waals surface area contributed by atoms with Crippen molar-refractivity contribution < 1.29 is 28.6 Å². The lowest BCUT2D eigenvalue weighted by molar-refractivity contribution is -0.144. The van der Waals surface area contributed by atoms with Gasteiger partial charge in [-0.1, -0.05) is 18.2 Å². The molecule has 2 aromatic rings. The highest BCUT2D eigenvalue weighted by atomic mass is 16.6. The van der Waals surface area contributed by atoms with E-state index in [9.17, 15) is 14.4 Å². The Balaban J connectivity index is 1.59. The van der Waals surface area contributed by atoms with Crippen molar-refractivity contribution in [2.75, 3.05) is 19.5 Å². The topological polar surface area (TPSA) is 94.2 Å². The van der Waals surface area contributed by atoms with E-state index in [1.54, 1.807) is 42.5 Å². The van der Waals surface area contributed by atoms with Gasteiger partial charge >= 0.3 is 5.97 Å². The van der Waals surface area contributed by atoms with Gasteiger partial charge in [0, 0.05) is 18.1 Å². The fraction of sp³-hybridized carbons (Fsp3) is 0.286. The van der Waals surface area contributed by atoms with Crippen LogP contribution in [0.1, 0.15) is 35.0 Å². The van der Waals surface area contributed by atoms with Crippen molar-refractivity contribution >= 4 is 23.5 Å². The lowest BCUT2D eigenvalue weighted by Crippen LogP contribution is -2.43. The van der Waals surface area contributed by atoms with E-state index in [2.05, 4.69) is 5.32 Å². The number of fused-ring (bicyclic) bond motifs is 1. The van der Waals surface area contributed by atoms with Crippen LogP contribution in [0, 0.1) is 0 Å². The molecule has 0 unspecified atom stereocenters. The molecule has 0 spiro atoms. The average molecular weight is 396 g/mol. The molecule has 2 aliphatic rings. The highest BCUT2D eigenvalue weighted by Gasteiger charge is 2.46. The van der Waals surface area contributed by atoms with Crippen molar-refractivity contribution in [3.05, 3.63) is 53.6 Å². The second kappa shape index (κ2) is 7.46. The molecule has 8 heteroatoms. The number of rotatable bonds is 5. The maximum Gasteiger partial charge on any atom is 0.340 e. The van der Waals surface area contributed by atoms with Gasteiger partial charge in [-0.3, -0.25) is 14.5 Å². The standard InChI is InChI=1S/C21H20N2O6/c1-27-12-7-8-15(17(11-12)28-2)22-19(25)16-9-10-18(24)23(16)20-13-5-3-4-6-14(13)21(26)29-20/h3-8,11,16,20H,9-10H2,1-2H3,(H,22,25)/t16-,20-/m0/s1. The van der Waals surface area contributed by atoms with Gasteiger partial charge in [-0.05, 0) is 24.6 Å². The number of likely N-dealkylation sites (tertiary alicyclic amines) is 1. The van der Waals surface area contributed by atoms with E-state index >= 15 is 0 Å². The summed E-state index contributed by atoms with van der Waals surface area (Å²) >= 11 is 0. The lowest BCUT2D eigenvalue weighted by atomic mass is 10.1. The summed E-state index contributed by atoms with van der Waals surface area (Å²) in [6.45, 7) is 0. The van der Waals surface area contributed by atoms with Gasteiger partial charge in [-0.15, -0.1) is 0 Å². The Labute approximate surface area is 167 Å². The normalized spacial score (nSPS) is 20.3. The Hall–Kier alpha value is -3.55. The van der Waals surface area contributed by atoms with Crippen molar-refractivity contribution in [2.24, 2.45) is 0 Å². The van der Waals surface area contributed by atoms with Crippen LogP contribution in [0.3, 0.4) is 0 Å². The minimum Gasteiger partial charge on any atom is -0.497 e.